The van der Waals surface area contributed by atoms with Crippen LogP contribution in [0.25, 0.3) is 0 Å². The Morgan fingerprint density at radius 1 is 1.19 bits per heavy atom. The molecule has 1 aromatic carbocycles. The molecule has 3 rings (SSSR count). The van der Waals surface area contributed by atoms with Gasteiger partial charge in [0.25, 0.3) is 0 Å². The number of alkyl halides is 1. The van der Waals surface area contributed by atoms with Crippen molar-refractivity contribution in [1.29, 1.82) is 0 Å². The van der Waals surface area contributed by atoms with E-state index in [0.29, 0.717) is 12.3 Å². The van der Waals surface area contributed by atoms with Gasteiger partial charge in [-0.2, -0.15) is 0 Å². The van der Waals surface area contributed by atoms with Gasteiger partial charge in [0.1, 0.15) is 5.88 Å². The van der Waals surface area contributed by atoms with Crippen molar-refractivity contribution in [2.45, 2.75) is 57.4 Å². The minimum Gasteiger partial charge on any atom is -0.349 e. The highest BCUT2D eigenvalue weighted by atomic mass is 35.5. The van der Waals surface area contributed by atoms with Crippen LogP contribution in [0.4, 0.5) is 0 Å². The zero-order chi connectivity index (χ0) is 18.6. The number of carbonyl (C=O) groups excluding carboxylic acids is 2. The molecule has 0 atom stereocenters. The molecule has 2 aliphatic rings. The third kappa shape index (κ3) is 4.79. The van der Waals surface area contributed by atoms with Crippen molar-refractivity contribution in [3.63, 3.8) is 0 Å². The normalized spacial score (nSPS) is 19.2. The van der Waals surface area contributed by atoms with Crippen LogP contribution in [0.3, 0.4) is 0 Å². The Hall–Kier alpha value is -1.55. The molecule has 1 aromatic rings. The van der Waals surface area contributed by atoms with Crippen molar-refractivity contribution in [2.75, 3.05) is 19.0 Å². The predicted molar refractivity (Wildman–Crippen MR) is 104 cm³/mol. The third-order valence-corrected chi connectivity index (χ3v) is 6.15. The van der Waals surface area contributed by atoms with Gasteiger partial charge in [-0.3, -0.25) is 9.59 Å². The zero-order valence-corrected chi connectivity index (χ0v) is 16.4. The van der Waals surface area contributed by atoms with Crippen molar-refractivity contribution in [3.05, 3.63) is 35.4 Å². The lowest BCUT2D eigenvalue weighted by molar-refractivity contribution is -0.133. The second kappa shape index (κ2) is 8.43. The number of hydrogen-bond donors (Lipinski definition) is 1. The van der Waals surface area contributed by atoms with Gasteiger partial charge < -0.3 is 10.2 Å². The third-order valence-electron chi connectivity index (χ3n) is 5.90. The van der Waals surface area contributed by atoms with Crippen LogP contribution in [0.1, 0.15) is 49.7 Å². The van der Waals surface area contributed by atoms with Gasteiger partial charge in [-0.15, -0.1) is 11.6 Å². The quantitative estimate of drug-likeness (QED) is 0.741. The maximum Gasteiger partial charge on any atom is 0.235 e. The number of nitrogens with one attached hydrogen (secondary N) is 1. The van der Waals surface area contributed by atoms with Crippen LogP contribution in [0, 0.1) is 12.8 Å². The Morgan fingerprint density at radius 2 is 1.85 bits per heavy atom. The molecule has 2 fully saturated rings. The van der Waals surface area contributed by atoms with E-state index < -0.39 is 0 Å². The van der Waals surface area contributed by atoms with Gasteiger partial charge in [-0.25, -0.2) is 0 Å². The summed E-state index contributed by atoms with van der Waals surface area (Å²) in [4.78, 5) is 26.1. The molecule has 1 N–H and O–H groups in total. The molecule has 1 saturated carbocycles. The Morgan fingerprint density at radius 3 is 2.42 bits per heavy atom. The minimum absolute atomic E-state index is 0.0278. The first-order chi connectivity index (χ1) is 12.5. The molecule has 2 amide bonds. The Bertz CT molecular complexity index is 632. The van der Waals surface area contributed by atoms with E-state index in [0.717, 1.165) is 51.6 Å². The highest BCUT2D eigenvalue weighted by molar-refractivity contribution is 6.27. The summed E-state index contributed by atoms with van der Waals surface area (Å²) in [6.07, 6.45) is 6.52. The van der Waals surface area contributed by atoms with Gasteiger partial charge in [0, 0.05) is 25.0 Å². The van der Waals surface area contributed by atoms with Crippen molar-refractivity contribution < 1.29 is 9.59 Å². The highest BCUT2D eigenvalue weighted by Crippen LogP contribution is 2.46. The van der Waals surface area contributed by atoms with E-state index in [2.05, 4.69) is 36.5 Å². The molecule has 26 heavy (non-hydrogen) atoms. The molecule has 5 heteroatoms. The first-order valence-corrected chi connectivity index (χ1v) is 10.3. The Labute approximate surface area is 161 Å². The van der Waals surface area contributed by atoms with E-state index in [1.165, 1.54) is 11.1 Å². The fraction of sp³-hybridized carbons (Fsp3) is 0.619. The molecule has 1 heterocycles. The monoisotopic (exact) mass is 376 g/mol. The van der Waals surface area contributed by atoms with Gasteiger partial charge in [0.2, 0.25) is 11.8 Å². The molecule has 1 aliphatic carbocycles. The van der Waals surface area contributed by atoms with Crippen LogP contribution >= 0.6 is 11.6 Å². The lowest BCUT2D eigenvalue weighted by Crippen LogP contribution is -2.48. The number of aryl methyl sites for hydroxylation is 2. The van der Waals surface area contributed by atoms with Crippen LogP contribution in [0.5, 0.6) is 0 Å². The molecule has 0 unspecified atom stereocenters. The maximum atomic E-state index is 12.5. The number of hydrogen-bond acceptors (Lipinski definition) is 2. The van der Waals surface area contributed by atoms with E-state index >= 15 is 0 Å². The first kappa shape index (κ1) is 19.2. The number of rotatable bonds is 7. The molecule has 4 nitrogen and oxygen atoms in total. The molecule has 0 aromatic heterocycles. The van der Waals surface area contributed by atoms with E-state index in [4.69, 9.17) is 11.6 Å². The van der Waals surface area contributed by atoms with Crippen LogP contribution in [-0.2, 0) is 16.0 Å². The molecule has 0 spiro atoms. The second-order valence-electron chi connectivity index (χ2n) is 7.83. The summed E-state index contributed by atoms with van der Waals surface area (Å²) in [6.45, 7) is 3.71. The summed E-state index contributed by atoms with van der Waals surface area (Å²) in [5.41, 5.74) is 2.53. The van der Waals surface area contributed by atoms with Crippen molar-refractivity contribution in [1.82, 2.24) is 10.2 Å². The summed E-state index contributed by atoms with van der Waals surface area (Å²) in [5, 5.41) is 3.11. The zero-order valence-electron chi connectivity index (χ0n) is 15.6. The number of amides is 2. The topological polar surface area (TPSA) is 49.4 Å². The summed E-state index contributed by atoms with van der Waals surface area (Å²) in [6, 6.07) is 8.54. The molecule has 1 aliphatic heterocycles. The molecule has 0 bridgehead atoms. The number of benzene rings is 1. The minimum atomic E-state index is -0.0706. The number of nitrogens with zero attached hydrogens (tertiary/aromatic N) is 1. The maximum absolute atomic E-state index is 12.5. The molecule has 1 saturated heterocycles. The SMILES string of the molecule is Cc1ccc(CCCC(=O)N2CCC(C3(NC(=O)CCl)CC3)CC2)cc1. The van der Waals surface area contributed by atoms with Crippen molar-refractivity contribution >= 4 is 23.4 Å². The first-order valence-electron chi connectivity index (χ1n) is 9.73. The smallest absolute Gasteiger partial charge is 0.235 e. The number of halogens is 1. The average Bonchev–Trinajstić information content (AvgIpc) is 3.44. The lowest BCUT2D eigenvalue weighted by Gasteiger charge is -2.36. The fourth-order valence-electron chi connectivity index (χ4n) is 4.12. The largest absolute Gasteiger partial charge is 0.349 e. The van der Waals surface area contributed by atoms with E-state index in [9.17, 15) is 9.59 Å². The summed E-state index contributed by atoms with van der Waals surface area (Å²) in [7, 11) is 0. The lowest BCUT2D eigenvalue weighted by atomic mass is 9.87. The molecular weight excluding hydrogens is 348 g/mol. The molecular formula is C21H29ClN2O2. The number of piperidine rings is 1. The molecule has 0 radical (unpaired) electrons. The van der Waals surface area contributed by atoms with Crippen LogP contribution < -0.4 is 5.32 Å². The van der Waals surface area contributed by atoms with Gasteiger partial charge >= 0.3 is 0 Å². The predicted octanol–water partition coefficient (Wildman–Crippen LogP) is 3.44. The second-order valence-corrected chi connectivity index (χ2v) is 8.10. The van der Waals surface area contributed by atoms with E-state index in [1.54, 1.807) is 0 Å². The van der Waals surface area contributed by atoms with E-state index in [1.807, 2.05) is 4.90 Å². The molecule has 142 valence electrons. The van der Waals surface area contributed by atoms with Crippen molar-refractivity contribution in [3.8, 4) is 0 Å². The van der Waals surface area contributed by atoms with Crippen molar-refractivity contribution in [2.24, 2.45) is 5.92 Å². The van der Waals surface area contributed by atoms with Gasteiger partial charge in [-0.1, -0.05) is 29.8 Å². The van der Waals surface area contributed by atoms with E-state index in [-0.39, 0.29) is 23.2 Å². The van der Waals surface area contributed by atoms with Gasteiger partial charge in [0.15, 0.2) is 0 Å². The van der Waals surface area contributed by atoms with Crippen LogP contribution in [-0.4, -0.2) is 41.2 Å². The summed E-state index contributed by atoms with van der Waals surface area (Å²) >= 11 is 5.62. The van der Waals surface area contributed by atoms with Crippen LogP contribution in [0.2, 0.25) is 0 Å². The van der Waals surface area contributed by atoms with Crippen LogP contribution in [0.15, 0.2) is 24.3 Å². The fourth-order valence-corrected chi connectivity index (χ4v) is 4.19. The number of carbonyl (C=O) groups is 2. The summed E-state index contributed by atoms with van der Waals surface area (Å²) in [5.74, 6) is 0.704. The standard InChI is InChI=1S/C21H29ClN2O2/c1-16-5-7-17(8-6-16)3-2-4-20(26)24-13-9-18(10-14-24)21(11-12-21)23-19(25)15-22/h5-8,18H,2-4,9-15H2,1H3,(H,23,25). The van der Waals surface area contributed by atoms with Gasteiger partial charge in [0.05, 0.1) is 0 Å². The van der Waals surface area contributed by atoms with Gasteiger partial charge in [-0.05, 0) is 56.9 Å². The number of likely N-dealkylation sites (tertiary alicyclic amines) is 1. The summed E-state index contributed by atoms with van der Waals surface area (Å²) < 4.78 is 0. The average molecular weight is 377 g/mol. The Balaban J connectivity index is 1.39. The highest BCUT2D eigenvalue weighted by Gasteiger charge is 2.50. The Kier molecular flexibility index (Phi) is 6.23.